The first-order chi connectivity index (χ1) is 11.5. The van der Waals surface area contributed by atoms with E-state index < -0.39 is 5.97 Å². The Labute approximate surface area is 139 Å². The first kappa shape index (κ1) is 15.7. The van der Waals surface area contributed by atoms with Crippen molar-refractivity contribution in [1.82, 2.24) is 10.1 Å². The minimum absolute atomic E-state index is 0.273. The van der Waals surface area contributed by atoms with Gasteiger partial charge in [-0.2, -0.15) is 0 Å². The summed E-state index contributed by atoms with van der Waals surface area (Å²) in [4.78, 5) is 15.5. The average molecular weight is 323 g/mol. The standard InChI is InChI=1S/C18H17N3O3/c1-10-15(18(22)23)5-4-6-16(10)20-14-7-13(8-19-9-14)17-11(2)21-24-12(17)3/h4-9,20H,1-3H3,(H,22,23). The molecule has 0 amide bonds. The lowest BCUT2D eigenvalue weighted by Crippen LogP contribution is -2.03. The van der Waals surface area contributed by atoms with Crippen LogP contribution in [-0.2, 0) is 0 Å². The highest BCUT2D eigenvalue weighted by atomic mass is 16.5. The van der Waals surface area contributed by atoms with Gasteiger partial charge in [0, 0.05) is 23.0 Å². The molecule has 3 aromatic rings. The first-order valence-corrected chi connectivity index (χ1v) is 7.45. The second-order valence-corrected chi connectivity index (χ2v) is 5.57. The van der Waals surface area contributed by atoms with Crippen molar-refractivity contribution in [2.75, 3.05) is 5.32 Å². The molecule has 0 atom stereocenters. The van der Waals surface area contributed by atoms with Gasteiger partial charge in [0.15, 0.2) is 0 Å². The minimum Gasteiger partial charge on any atom is -0.478 e. The van der Waals surface area contributed by atoms with E-state index in [2.05, 4.69) is 15.5 Å². The fraction of sp³-hybridized carbons (Fsp3) is 0.167. The molecule has 3 rings (SSSR count). The molecule has 24 heavy (non-hydrogen) atoms. The molecule has 0 aliphatic carbocycles. The number of nitrogens with one attached hydrogen (secondary N) is 1. The third-order valence-corrected chi connectivity index (χ3v) is 3.90. The monoisotopic (exact) mass is 323 g/mol. The van der Waals surface area contributed by atoms with Crippen molar-refractivity contribution in [2.24, 2.45) is 0 Å². The molecule has 2 N–H and O–H groups in total. The fourth-order valence-electron chi connectivity index (χ4n) is 2.70. The summed E-state index contributed by atoms with van der Waals surface area (Å²) in [6.07, 6.45) is 3.44. The van der Waals surface area contributed by atoms with E-state index in [1.807, 2.05) is 26.0 Å². The van der Waals surface area contributed by atoms with Gasteiger partial charge < -0.3 is 14.9 Å². The highest BCUT2D eigenvalue weighted by molar-refractivity contribution is 5.91. The van der Waals surface area contributed by atoms with Crippen molar-refractivity contribution in [3.05, 3.63) is 59.2 Å². The summed E-state index contributed by atoms with van der Waals surface area (Å²) in [6, 6.07) is 7.07. The van der Waals surface area contributed by atoms with Crippen molar-refractivity contribution in [2.45, 2.75) is 20.8 Å². The topological polar surface area (TPSA) is 88.3 Å². The van der Waals surface area contributed by atoms with Crippen LogP contribution in [-0.4, -0.2) is 21.2 Å². The number of anilines is 2. The van der Waals surface area contributed by atoms with Crippen LogP contribution in [0.2, 0.25) is 0 Å². The molecule has 122 valence electrons. The Morgan fingerprint density at radius 3 is 2.67 bits per heavy atom. The largest absolute Gasteiger partial charge is 0.478 e. The second-order valence-electron chi connectivity index (χ2n) is 5.57. The van der Waals surface area contributed by atoms with Crippen molar-refractivity contribution >= 4 is 17.3 Å². The summed E-state index contributed by atoms with van der Waals surface area (Å²) in [6.45, 7) is 5.51. The zero-order valence-electron chi connectivity index (χ0n) is 13.6. The maximum Gasteiger partial charge on any atom is 0.336 e. The van der Waals surface area contributed by atoms with Crippen molar-refractivity contribution < 1.29 is 14.4 Å². The molecule has 0 radical (unpaired) electrons. The summed E-state index contributed by atoms with van der Waals surface area (Å²) in [7, 11) is 0. The highest BCUT2D eigenvalue weighted by Crippen LogP contribution is 2.29. The van der Waals surface area contributed by atoms with Gasteiger partial charge in [0.25, 0.3) is 0 Å². The van der Waals surface area contributed by atoms with E-state index in [0.717, 1.165) is 34.0 Å². The van der Waals surface area contributed by atoms with Gasteiger partial charge in [-0.15, -0.1) is 0 Å². The van der Waals surface area contributed by atoms with E-state index in [1.54, 1.807) is 31.5 Å². The Hall–Kier alpha value is -3.15. The van der Waals surface area contributed by atoms with Gasteiger partial charge in [-0.25, -0.2) is 4.79 Å². The molecule has 0 aliphatic rings. The molecular formula is C18H17N3O3. The number of carboxylic acid groups (broad SMARTS) is 1. The van der Waals surface area contributed by atoms with Crippen molar-refractivity contribution in [1.29, 1.82) is 0 Å². The Bertz CT molecular complexity index is 896. The lowest BCUT2D eigenvalue weighted by molar-refractivity contribution is 0.0696. The number of carboxylic acids is 1. The molecule has 0 aliphatic heterocycles. The third-order valence-electron chi connectivity index (χ3n) is 3.90. The molecule has 2 heterocycles. The van der Waals surface area contributed by atoms with E-state index in [4.69, 9.17) is 4.52 Å². The van der Waals surface area contributed by atoms with Crippen LogP contribution in [0.15, 0.2) is 41.2 Å². The van der Waals surface area contributed by atoms with Crippen molar-refractivity contribution in [3.63, 3.8) is 0 Å². The van der Waals surface area contributed by atoms with Crippen LogP contribution in [0, 0.1) is 20.8 Å². The van der Waals surface area contributed by atoms with Crippen LogP contribution in [0.4, 0.5) is 11.4 Å². The summed E-state index contributed by atoms with van der Waals surface area (Å²) < 4.78 is 5.21. The third kappa shape index (κ3) is 2.86. The maximum absolute atomic E-state index is 11.3. The molecule has 6 nitrogen and oxygen atoms in total. The number of hydrogen-bond donors (Lipinski definition) is 2. The molecule has 0 saturated carbocycles. The predicted octanol–water partition coefficient (Wildman–Crippen LogP) is 4.10. The predicted molar refractivity (Wildman–Crippen MR) is 90.6 cm³/mol. The van der Waals surface area contributed by atoms with Gasteiger partial charge in [-0.05, 0) is 44.5 Å². The summed E-state index contributed by atoms with van der Waals surface area (Å²) in [5.41, 5.74) is 5.05. The number of carbonyl (C=O) groups is 1. The van der Waals surface area contributed by atoms with Crippen molar-refractivity contribution in [3.8, 4) is 11.1 Å². The highest BCUT2D eigenvalue weighted by Gasteiger charge is 2.13. The number of hydrogen-bond acceptors (Lipinski definition) is 5. The van der Waals surface area contributed by atoms with E-state index in [-0.39, 0.29) is 5.56 Å². The van der Waals surface area contributed by atoms with Gasteiger partial charge in [0.1, 0.15) is 5.76 Å². The van der Waals surface area contributed by atoms with E-state index >= 15 is 0 Å². The number of aromatic nitrogens is 2. The average Bonchev–Trinajstić information content (AvgIpc) is 2.88. The fourth-order valence-corrected chi connectivity index (χ4v) is 2.70. The number of aromatic carboxylic acids is 1. The lowest BCUT2D eigenvalue weighted by Gasteiger charge is -2.12. The molecule has 0 spiro atoms. The first-order valence-electron chi connectivity index (χ1n) is 7.45. The molecular weight excluding hydrogens is 306 g/mol. The molecule has 0 unspecified atom stereocenters. The van der Waals surface area contributed by atoms with Gasteiger partial charge in [0.2, 0.25) is 0 Å². The second kappa shape index (κ2) is 6.16. The van der Waals surface area contributed by atoms with Crippen LogP contribution in [0.3, 0.4) is 0 Å². The van der Waals surface area contributed by atoms with E-state index in [9.17, 15) is 9.90 Å². The quantitative estimate of drug-likeness (QED) is 0.751. The summed E-state index contributed by atoms with van der Waals surface area (Å²) >= 11 is 0. The number of benzene rings is 1. The minimum atomic E-state index is -0.946. The van der Waals surface area contributed by atoms with Gasteiger partial charge in [-0.1, -0.05) is 11.2 Å². The Morgan fingerprint density at radius 1 is 1.21 bits per heavy atom. The molecule has 2 aromatic heterocycles. The Balaban J connectivity index is 1.97. The molecule has 0 fully saturated rings. The van der Waals surface area contributed by atoms with E-state index in [1.165, 1.54) is 0 Å². The number of rotatable bonds is 4. The van der Waals surface area contributed by atoms with E-state index in [0.29, 0.717) is 5.56 Å². The zero-order chi connectivity index (χ0) is 17.3. The van der Waals surface area contributed by atoms with Crippen LogP contribution >= 0.6 is 0 Å². The summed E-state index contributed by atoms with van der Waals surface area (Å²) in [5.74, 6) is -0.214. The molecule has 1 aromatic carbocycles. The Kier molecular flexibility index (Phi) is 4.04. The lowest BCUT2D eigenvalue weighted by atomic mass is 10.1. The molecule has 0 bridgehead atoms. The van der Waals surface area contributed by atoms with Crippen LogP contribution in [0.25, 0.3) is 11.1 Å². The maximum atomic E-state index is 11.3. The van der Waals surface area contributed by atoms with Gasteiger partial charge in [0.05, 0.1) is 23.1 Å². The number of nitrogens with zero attached hydrogens (tertiary/aromatic N) is 2. The van der Waals surface area contributed by atoms with Gasteiger partial charge in [-0.3, -0.25) is 4.98 Å². The normalized spacial score (nSPS) is 10.6. The zero-order valence-corrected chi connectivity index (χ0v) is 13.6. The molecule has 0 saturated heterocycles. The van der Waals surface area contributed by atoms with Crippen LogP contribution < -0.4 is 5.32 Å². The van der Waals surface area contributed by atoms with Crippen LogP contribution in [0.1, 0.15) is 27.4 Å². The Morgan fingerprint density at radius 2 is 2.00 bits per heavy atom. The number of pyridine rings is 1. The summed E-state index contributed by atoms with van der Waals surface area (Å²) in [5, 5.41) is 16.4. The smallest absolute Gasteiger partial charge is 0.336 e. The molecule has 6 heteroatoms. The number of aryl methyl sites for hydroxylation is 2. The van der Waals surface area contributed by atoms with Crippen LogP contribution in [0.5, 0.6) is 0 Å². The van der Waals surface area contributed by atoms with Gasteiger partial charge >= 0.3 is 5.97 Å². The SMILES string of the molecule is Cc1noc(C)c1-c1cncc(Nc2cccc(C(=O)O)c2C)c1.